The summed E-state index contributed by atoms with van der Waals surface area (Å²) in [5.74, 6) is -0.614. The lowest BCUT2D eigenvalue weighted by molar-refractivity contribution is -0.120. The molecule has 9 heteroatoms. The number of carbonyl (C=O) groups excluding carboxylic acids is 3. The lowest BCUT2D eigenvalue weighted by Crippen LogP contribution is -2.40. The quantitative estimate of drug-likeness (QED) is 0.623. The van der Waals surface area contributed by atoms with E-state index in [0.29, 0.717) is 21.9 Å². The molecule has 2 rings (SSSR count). The second kappa shape index (κ2) is 9.26. The van der Waals surface area contributed by atoms with E-state index in [4.69, 9.17) is 27.6 Å². The summed E-state index contributed by atoms with van der Waals surface area (Å²) in [4.78, 5) is 35.5. The molecule has 0 unspecified atom stereocenters. The molecule has 1 heterocycles. The van der Waals surface area contributed by atoms with E-state index in [1.165, 1.54) is 24.5 Å². The molecular formula is C17H17Cl2N3O4. The van der Waals surface area contributed by atoms with E-state index in [2.05, 4.69) is 16.0 Å². The minimum atomic E-state index is -0.390. The van der Waals surface area contributed by atoms with Gasteiger partial charge in [-0.05, 0) is 31.2 Å². The Bertz CT molecular complexity index is 820. The fourth-order valence-electron chi connectivity index (χ4n) is 2.06. The summed E-state index contributed by atoms with van der Waals surface area (Å²) in [7, 11) is 0. The SMILES string of the molecule is Cc1occc1C(=O)NCC(=O)NCCNC(=O)c1ccc(Cl)c(Cl)c1. The number of benzene rings is 1. The van der Waals surface area contributed by atoms with Crippen molar-refractivity contribution >= 4 is 40.9 Å². The molecule has 26 heavy (non-hydrogen) atoms. The maximum Gasteiger partial charge on any atom is 0.255 e. The molecule has 0 bridgehead atoms. The van der Waals surface area contributed by atoms with Gasteiger partial charge in [0.15, 0.2) is 0 Å². The van der Waals surface area contributed by atoms with E-state index in [1.54, 1.807) is 13.0 Å². The molecule has 3 N–H and O–H groups in total. The Morgan fingerprint density at radius 3 is 2.35 bits per heavy atom. The zero-order valence-corrected chi connectivity index (χ0v) is 15.4. The molecule has 2 aromatic rings. The van der Waals surface area contributed by atoms with E-state index >= 15 is 0 Å². The van der Waals surface area contributed by atoms with Gasteiger partial charge in [0.2, 0.25) is 5.91 Å². The van der Waals surface area contributed by atoms with E-state index in [9.17, 15) is 14.4 Å². The highest BCUT2D eigenvalue weighted by atomic mass is 35.5. The lowest BCUT2D eigenvalue weighted by Gasteiger charge is -2.08. The summed E-state index contributed by atoms with van der Waals surface area (Å²) >= 11 is 11.7. The first kappa shape index (κ1) is 19.8. The molecule has 0 radical (unpaired) electrons. The predicted octanol–water partition coefficient (Wildman–Crippen LogP) is 2.17. The average molecular weight is 398 g/mol. The Kier molecular flexibility index (Phi) is 7.06. The van der Waals surface area contributed by atoms with Crippen molar-refractivity contribution in [2.75, 3.05) is 19.6 Å². The van der Waals surface area contributed by atoms with Gasteiger partial charge in [-0.15, -0.1) is 0 Å². The molecule has 1 aromatic carbocycles. The van der Waals surface area contributed by atoms with Crippen LogP contribution in [0.1, 0.15) is 26.5 Å². The van der Waals surface area contributed by atoms with Gasteiger partial charge in [-0.1, -0.05) is 23.2 Å². The fourth-order valence-corrected chi connectivity index (χ4v) is 2.35. The van der Waals surface area contributed by atoms with Crippen LogP contribution in [0.2, 0.25) is 10.0 Å². The van der Waals surface area contributed by atoms with E-state index < -0.39 is 0 Å². The molecule has 1 aromatic heterocycles. The Hall–Kier alpha value is -2.51. The van der Waals surface area contributed by atoms with E-state index in [-0.39, 0.29) is 42.4 Å². The summed E-state index contributed by atoms with van der Waals surface area (Å²) in [6, 6.07) is 6.08. The minimum Gasteiger partial charge on any atom is -0.469 e. The van der Waals surface area contributed by atoms with Gasteiger partial charge in [-0.25, -0.2) is 0 Å². The van der Waals surface area contributed by atoms with E-state index in [0.717, 1.165) is 0 Å². The van der Waals surface area contributed by atoms with Crippen LogP contribution in [0.5, 0.6) is 0 Å². The molecule has 0 atom stereocenters. The molecule has 0 saturated carbocycles. The molecular weight excluding hydrogens is 381 g/mol. The van der Waals surface area contributed by atoms with Crippen LogP contribution in [0.3, 0.4) is 0 Å². The van der Waals surface area contributed by atoms with Crippen LogP contribution in [0.4, 0.5) is 0 Å². The number of halogens is 2. The number of rotatable bonds is 7. The van der Waals surface area contributed by atoms with Gasteiger partial charge < -0.3 is 20.4 Å². The maximum absolute atomic E-state index is 11.9. The topological polar surface area (TPSA) is 100 Å². The van der Waals surface area contributed by atoms with Crippen LogP contribution in [-0.4, -0.2) is 37.4 Å². The van der Waals surface area contributed by atoms with Crippen molar-refractivity contribution in [3.05, 3.63) is 57.5 Å². The number of furan rings is 1. The minimum absolute atomic E-state index is 0.176. The number of hydrogen-bond donors (Lipinski definition) is 3. The second-order valence-electron chi connectivity index (χ2n) is 5.31. The van der Waals surface area contributed by atoms with Gasteiger partial charge in [0.05, 0.1) is 28.4 Å². The molecule has 3 amide bonds. The smallest absolute Gasteiger partial charge is 0.255 e. The zero-order valence-electron chi connectivity index (χ0n) is 13.9. The normalized spacial score (nSPS) is 10.3. The van der Waals surface area contributed by atoms with Crippen LogP contribution in [-0.2, 0) is 4.79 Å². The monoisotopic (exact) mass is 397 g/mol. The highest BCUT2D eigenvalue weighted by molar-refractivity contribution is 6.42. The lowest BCUT2D eigenvalue weighted by atomic mass is 10.2. The summed E-state index contributed by atoms with van der Waals surface area (Å²) in [5.41, 5.74) is 0.750. The summed E-state index contributed by atoms with van der Waals surface area (Å²) < 4.78 is 5.03. The van der Waals surface area contributed by atoms with Crippen molar-refractivity contribution in [3.63, 3.8) is 0 Å². The summed E-state index contributed by atoms with van der Waals surface area (Å²) in [6.45, 7) is 1.92. The molecule has 0 spiro atoms. The molecule has 0 aliphatic rings. The van der Waals surface area contributed by atoms with Gasteiger partial charge in [-0.3, -0.25) is 14.4 Å². The third-order valence-corrected chi connectivity index (χ3v) is 4.17. The van der Waals surface area contributed by atoms with Gasteiger partial charge in [0, 0.05) is 18.7 Å². The Morgan fingerprint density at radius 1 is 0.962 bits per heavy atom. The van der Waals surface area contributed by atoms with Gasteiger partial charge >= 0.3 is 0 Å². The predicted molar refractivity (Wildman–Crippen MR) is 97.6 cm³/mol. The molecule has 0 aliphatic carbocycles. The first-order chi connectivity index (χ1) is 12.4. The third-order valence-electron chi connectivity index (χ3n) is 3.43. The largest absolute Gasteiger partial charge is 0.469 e. The highest BCUT2D eigenvalue weighted by Crippen LogP contribution is 2.22. The summed E-state index contributed by atoms with van der Waals surface area (Å²) in [6.07, 6.45) is 1.40. The first-order valence-electron chi connectivity index (χ1n) is 7.70. The number of carbonyl (C=O) groups is 3. The average Bonchev–Trinajstić information content (AvgIpc) is 3.04. The van der Waals surface area contributed by atoms with Crippen molar-refractivity contribution in [3.8, 4) is 0 Å². The van der Waals surface area contributed by atoms with Crippen molar-refractivity contribution in [1.82, 2.24) is 16.0 Å². The zero-order chi connectivity index (χ0) is 19.1. The molecule has 0 aliphatic heterocycles. The van der Waals surface area contributed by atoms with Crippen molar-refractivity contribution < 1.29 is 18.8 Å². The Morgan fingerprint density at radius 2 is 1.69 bits per heavy atom. The van der Waals surface area contributed by atoms with Gasteiger partial charge in [0.25, 0.3) is 11.8 Å². The number of amides is 3. The first-order valence-corrected chi connectivity index (χ1v) is 8.46. The third kappa shape index (κ3) is 5.50. The van der Waals surface area contributed by atoms with E-state index in [1.807, 2.05) is 0 Å². The van der Waals surface area contributed by atoms with Crippen molar-refractivity contribution in [2.24, 2.45) is 0 Å². The van der Waals surface area contributed by atoms with Crippen LogP contribution in [0.25, 0.3) is 0 Å². The number of aryl methyl sites for hydroxylation is 1. The molecule has 138 valence electrons. The number of hydrogen-bond acceptors (Lipinski definition) is 4. The Balaban J connectivity index is 1.66. The van der Waals surface area contributed by atoms with Crippen molar-refractivity contribution in [2.45, 2.75) is 6.92 Å². The molecule has 0 fully saturated rings. The fraction of sp³-hybridized carbons (Fsp3) is 0.235. The van der Waals surface area contributed by atoms with Gasteiger partial charge in [0.1, 0.15) is 5.76 Å². The maximum atomic E-state index is 11.9. The second-order valence-corrected chi connectivity index (χ2v) is 6.12. The number of nitrogens with one attached hydrogen (secondary N) is 3. The molecule has 0 saturated heterocycles. The Labute approximate surface area is 160 Å². The summed E-state index contributed by atoms with van der Waals surface area (Å²) in [5, 5.41) is 8.37. The van der Waals surface area contributed by atoms with Crippen LogP contribution in [0.15, 0.2) is 34.9 Å². The molecule has 7 nitrogen and oxygen atoms in total. The highest BCUT2D eigenvalue weighted by Gasteiger charge is 2.12. The van der Waals surface area contributed by atoms with Crippen LogP contribution >= 0.6 is 23.2 Å². The van der Waals surface area contributed by atoms with Crippen molar-refractivity contribution in [1.29, 1.82) is 0 Å². The van der Waals surface area contributed by atoms with Crippen LogP contribution in [0, 0.1) is 6.92 Å². The van der Waals surface area contributed by atoms with Crippen LogP contribution < -0.4 is 16.0 Å². The van der Waals surface area contributed by atoms with Gasteiger partial charge in [-0.2, -0.15) is 0 Å². The standard InChI is InChI=1S/C17H17Cl2N3O4/c1-10-12(4-7-26-10)17(25)22-9-15(23)20-5-6-21-16(24)11-2-3-13(18)14(19)8-11/h2-4,7-8H,5-6,9H2,1H3,(H,20,23)(H,21,24)(H,22,25).